The van der Waals surface area contributed by atoms with E-state index < -0.39 is 0 Å². The van der Waals surface area contributed by atoms with Crippen LogP contribution in [0.25, 0.3) is 0 Å². The summed E-state index contributed by atoms with van der Waals surface area (Å²) in [6.45, 7) is 3.67. The van der Waals surface area contributed by atoms with Gasteiger partial charge in [-0.3, -0.25) is 0 Å². The Balaban J connectivity index is 2.72. The van der Waals surface area contributed by atoms with Crippen LogP contribution < -0.4 is 4.84 Å². The van der Waals surface area contributed by atoms with Crippen LogP contribution in [0, 0.1) is 0 Å². The molecule has 0 heterocycles. The second-order valence-corrected chi connectivity index (χ2v) is 3.15. The van der Waals surface area contributed by atoms with Crippen molar-refractivity contribution in [3.8, 4) is 5.75 Å². The van der Waals surface area contributed by atoms with E-state index in [-0.39, 0.29) is 5.97 Å². The van der Waals surface area contributed by atoms with Crippen molar-refractivity contribution in [2.45, 2.75) is 13.8 Å². The van der Waals surface area contributed by atoms with Gasteiger partial charge in [-0.1, -0.05) is 5.16 Å². The number of esters is 1. The fourth-order valence-electron chi connectivity index (χ4n) is 0.914. The molecule has 1 aromatic rings. The maximum absolute atomic E-state index is 11.1. The summed E-state index contributed by atoms with van der Waals surface area (Å²) < 4.78 is 4.57. The molecule has 4 nitrogen and oxygen atoms in total. The maximum atomic E-state index is 11.1. The molecule has 80 valence electrons. The van der Waals surface area contributed by atoms with Gasteiger partial charge in [0, 0.05) is 0 Å². The Morgan fingerprint density at radius 1 is 1.20 bits per heavy atom. The van der Waals surface area contributed by atoms with Gasteiger partial charge >= 0.3 is 5.97 Å². The number of hydrogen-bond donors (Lipinski definition) is 0. The zero-order chi connectivity index (χ0) is 11.3. The lowest BCUT2D eigenvalue weighted by Crippen LogP contribution is -2.00. The number of carbonyl (C=O) groups excluding carboxylic acids is 1. The molecule has 0 amide bonds. The minimum absolute atomic E-state index is 0.364. The molecule has 4 heteroatoms. The van der Waals surface area contributed by atoms with Crippen LogP contribution in [0.15, 0.2) is 29.4 Å². The fraction of sp³-hybridized carbons (Fsp3) is 0.273. The van der Waals surface area contributed by atoms with E-state index in [4.69, 9.17) is 4.84 Å². The first-order valence-corrected chi connectivity index (χ1v) is 4.50. The Kier molecular flexibility index (Phi) is 3.85. The number of nitrogens with zero attached hydrogens (tertiary/aromatic N) is 1. The monoisotopic (exact) mass is 207 g/mol. The number of ether oxygens (including phenoxy) is 1. The van der Waals surface area contributed by atoms with Crippen molar-refractivity contribution in [3.63, 3.8) is 0 Å². The van der Waals surface area contributed by atoms with Crippen LogP contribution in [0.1, 0.15) is 24.2 Å². The molecular formula is C11H13NO3. The van der Waals surface area contributed by atoms with Gasteiger partial charge in [-0.15, -0.1) is 0 Å². The van der Waals surface area contributed by atoms with Crippen molar-refractivity contribution >= 4 is 11.7 Å². The quantitative estimate of drug-likeness (QED) is 0.434. The Morgan fingerprint density at radius 2 is 1.80 bits per heavy atom. The van der Waals surface area contributed by atoms with Crippen LogP contribution in [-0.2, 0) is 4.74 Å². The van der Waals surface area contributed by atoms with E-state index in [2.05, 4.69) is 9.89 Å². The molecule has 0 radical (unpaired) electrons. The van der Waals surface area contributed by atoms with E-state index in [0.717, 1.165) is 5.71 Å². The lowest BCUT2D eigenvalue weighted by molar-refractivity contribution is 0.0600. The number of oxime groups is 1. The number of carbonyl (C=O) groups is 1. The average molecular weight is 207 g/mol. The van der Waals surface area contributed by atoms with Gasteiger partial charge in [-0.05, 0) is 38.1 Å². The Labute approximate surface area is 88.5 Å². The number of hydrogen-bond acceptors (Lipinski definition) is 4. The third kappa shape index (κ3) is 3.42. The number of rotatable bonds is 3. The van der Waals surface area contributed by atoms with Crippen LogP contribution in [0.5, 0.6) is 5.75 Å². The van der Waals surface area contributed by atoms with Crippen molar-refractivity contribution in [1.82, 2.24) is 0 Å². The number of benzene rings is 1. The molecule has 0 fully saturated rings. The van der Waals surface area contributed by atoms with Crippen LogP contribution >= 0.6 is 0 Å². The first kappa shape index (κ1) is 11.2. The van der Waals surface area contributed by atoms with Crippen molar-refractivity contribution in [3.05, 3.63) is 29.8 Å². The summed E-state index contributed by atoms with van der Waals surface area (Å²) in [6, 6.07) is 6.58. The van der Waals surface area contributed by atoms with E-state index in [9.17, 15) is 4.79 Å². The van der Waals surface area contributed by atoms with E-state index in [1.807, 2.05) is 13.8 Å². The smallest absolute Gasteiger partial charge is 0.337 e. The molecule has 0 saturated carbocycles. The van der Waals surface area contributed by atoms with Crippen LogP contribution in [0.4, 0.5) is 0 Å². The predicted octanol–water partition coefficient (Wildman–Crippen LogP) is 2.25. The largest absolute Gasteiger partial charge is 0.465 e. The molecule has 0 bridgehead atoms. The van der Waals surface area contributed by atoms with Gasteiger partial charge in [0.2, 0.25) is 0 Å². The minimum atomic E-state index is -0.364. The fourth-order valence-corrected chi connectivity index (χ4v) is 0.914. The molecular weight excluding hydrogens is 194 g/mol. The van der Waals surface area contributed by atoms with E-state index in [0.29, 0.717) is 11.3 Å². The molecule has 0 unspecified atom stereocenters. The Morgan fingerprint density at radius 3 is 2.27 bits per heavy atom. The number of methoxy groups -OCH3 is 1. The lowest BCUT2D eigenvalue weighted by Gasteiger charge is -2.01. The normalized spacial score (nSPS) is 9.27. The first-order valence-electron chi connectivity index (χ1n) is 4.50. The van der Waals surface area contributed by atoms with Gasteiger partial charge < -0.3 is 9.57 Å². The standard InChI is InChI=1S/C11H13NO3/c1-8(2)12-15-10-6-4-9(5-7-10)11(13)14-3/h4-7H,1-3H3. The van der Waals surface area contributed by atoms with Gasteiger partial charge in [0.25, 0.3) is 0 Å². The zero-order valence-electron chi connectivity index (χ0n) is 8.98. The highest BCUT2D eigenvalue weighted by atomic mass is 16.6. The summed E-state index contributed by atoms with van der Waals surface area (Å²) in [5, 5.41) is 3.79. The van der Waals surface area contributed by atoms with Gasteiger partial charge in [-0.2, -0.15) is 0 Å². The zero-order valence-corrected chi connectivity index (χ0v) is 8.98. The highest BCUT2D eigenvalue weighted by molar-refractivity contribution is 5.89. The van der Waals surface area contributed by atoms with E-state index in [1.165, 1.54) is 7.11 Å². The molecule has 0 atom stereocenters. The minimum Gasteiger partial charge on any atom is -0.465 e. The van der Waals surface area contributed by atoms with Crippen LogP contribution in [-0.4, -0.2) is 18.8 Å². The molecule has 0 aliphatic heterocycles. The molecule has 15 heavy (non-hydrogen) atoms. The first-order chi connectivity index (χ1) is 7.13. The highest BCUT2D eigenvalue weighted by Crippen LogP contribution is 2.13. The summed E-state index contributed by atoms with van der Waals surface area (Å²) in [5.74, 6) is 0.223. The van der Waals surface area contributed by atoms with Crippen LogP contribution in [0.3, 0.4) is 0 Å². The third-order valence-electron chi connectivity index (χ3n) is 1.61. The third-order valence-corrected chi connectivity index (χ3v) is 1.61. The summed E-state index contributed by atoms with van der Waals surface area (Å²) in [5.41, 5.74) is 1.31. The molecule has 0 spiro atoms. The van der Waals surface area contributed by atoms with Crippen molar-refractivity contribution in [1.29, 1.82) is 0 Å². The topological polar surface area (TPSA) is 47.9 Å². The molecule has 0 N–H and O–H groups in total. The Hall–Kier alpha value is -1.84. The van der Waals surface area contributed by atoms with Gasteiger partial charge in [0.1, 0.15) is 0 Å². The van der Waals surface area contributed by atoms with Gasteiger partial charge in [0.05, 0.1) is 18.4 Å². The summed E-state index contributed by atoms with van der Waals surface area (Å²) in [4.78, 5) is 16.2. The SMILES string of the molecule is COC(=O)c1ccc(ON=C(C)C)cc1. The van der Waals surface area contributed by atoms with Crippen molar-refractivity contribution in [2.75, 3.05) is 7.11 Å². The maximum Gasteiger partial charge on any atom is 0.337 e. The molecule has 0 aromatic heterocycles. The Bertz CT molecular complexity index is 364. The summed E-state index contributed by atoms with van der Waals surface area (Å²) in [7, 11) is 1.34. The molecule has 0 aliphatic rings. The molecule has 0 saturated heterocycles. The molecule has 0 aliphatic carbocycles. The predicted molar refractivity (Wildman–Crippen MR) is 57.2 cm³/mol. The van der Waals surface area contributed by atoms with Crippen molar-refractivity contribution < 1.29 is 14.4 Å². The van der Waals surface area contributed by atoms with Gasteiger partial charge in [0.15, 0.2) is 5.75 Å². The highest BCUT2D eigenvalue weighted by Gasteiger charge is 2.04. The summed E-state index contributed by atoms with van der Waals surface area (Å²) >= 11 is 0. The molecule has 1 aromatic carbocycles. The molecule has 1 rings (SSSR count). The summed E-state index contributed by atoms with van der Waals surface area (Å²) in [6.07, 6.45) is 0. The van der Waals surface area contributed by atoms with Crippen molar-refractivity contribution in [2.24, 2.45) is 5.16 Å². The van der Waals surface area contributed by atoms with Gasteiger partial charge in [-0.25, -0.2) is 4.79 Å². The second-order valence-electron chi connectivity index (χ2n) is 3.15. The average Bonchev–Trinajstić information content (AvgIpc) is 2.26. The lowest BCUT2D eigenvalue weighted by atomic mass is 10.2. The second kappa shape index (κ2) is 5.14. The van der Waals surface area contributed by atoms with E-state index in [1.54, 1.807) is 24.3 Å². The van der Waals surface area contributed by atoms with E-state index >= 15 is 0 Å². The van der Waals surface area contributed by atoms with Crippen LogP contribution in [0.2, 0.25) is 0 Å².